The molecule has 6 heteroatoms. The van der Waals surface area contributed by atoms with Crippen molar-refractivity contribution in [3.63, 3.8) is 0 Å². The summed E-state index contributed by atoms with van der Waals surface area (Å²) < 4.78 is 0. The van der Waals surface area contributed by atoms with Crippen molar-refractivity contribution < 1.29 is 0 Å². The molecule has 2 saturated heterocycles. The first-order chi connectivity index (χ1) is 14.7. The van der Waals surface area contributed by atoms with E-state index < -0.39 is 0 Å². The number of benzene rings is 1. The Morgan fingerprint density at radius 3 is 2.43 bits per heavy atom. The molecule has 2 aromatic rings. The highest BCUT2D eigenvalue weighted by molar-refractivity contribution is 7.17. The first kappa shape index (κ1) is 21.1. The van der Waals surface area contributed by atoms with E-state index in [4.69, 9.17) is 5.73 Å². The normalized spacial score (nSPS) is 23.2. The molecule has 0 spiro atoms. The molecule has 30 heavy (non-hydrogen) atoms. The number of nitrogens with one attached hydrogen (secondary N) is 2. The number of hydrogen-bond acceptors (Lipinski definition) is 6. The lowest BCUT2D eigenvalue weighted by Crippen LogP contribution is -2.43. The molecule has 3 aliphatic rings. The SMILES string of the molecule is CC.CC1CCN(C2=CC(c3ccc(N4CCNCC4)cc3)Nc3cc(N)sc32)C1. The van der Waals surface area contributed by atoms with Crippen LogP contribution in [0.5, 0.6) is 0 Å². The summed E-state index contributed by atoms with van der Waals surface area (Å²) in [5.74, 6) is 0.758. The monoisotopic (exact) mass is 425 g/mol. The molecule has 0 bridgehead atoms. The van der Waals surface area contributed by atoms with E-state index in [1.165, 1.54) is 33.9 Å². The molecule has 162 valence electrons. The number of thiophene rings is 1. The van der Waals surface area contributed by atoms with Crippen LogP contribution in [0.1, 0.15) is 43.7 Å². The molecule has 2 atom stereocenters. The zero-order valence-corrected chi connectivity index (χ0v) is 19.3. The lowest BCUT2D eigenvalue weighted by Gasteiger charge is -2.31. The Bertz CT molecular complexity index is 866. The van der Waals surface area contributed by atoms with E-state index in [-0.39, 0.29) is 6.04 Å². The largest absolute Gasteiger partial charge is 0.391 e. The molecule has 2 fully saturated rings. The van der Waals surface area contributed by atoms with Crippen molar-refractivity contribution in [2.24, 2.45) is 5.92 Å². The van der Waals surface area contributed by atoms with Gasteiger partial charge in [-0.15, -0.1) is 11.3 Å². The highest BCUT2D eigenvalue weighted by Crippen LogP contribution is 2.44. The standard InChI is InChI=1S/C22H29N5S.C2H6/c1-15-6-9-27(14-15)20-12-18(25-19-13-21(23)28-22(19)20)16-2-4-17(5-3-16)26-10-7-24-8-11-26;1-2/h2-5,12-13,15,18,24-25H,6-11,14,23H2,1H3;1-2H3. The molecule has 0 radical (unpaired) electrons. The fraction of sp³-hybridized carbons (Fsp3) is 0.500. The third-order valence-electron chi connectivity index (χ3n) is 6.12. The van der Waals surface area contributed by atoms with E-state index in [9.17, 15) is 0 Å². The number of nitrogens with two attached hydrogens (primary N) is 1. The Labute approximate surface area is 184 Å². The predicted molar refractivity (Wildman–Crippen MR) is 131 cm³/mol. The number of anilines is 3. The summed E-state index contributed by atoms with van der Waals surface area (Å²) in [4.78, 5) is 6.29. The van der Waals surface area contributed by atoms with Crippen molar-refractivity contribution in [1.29, 1.82) is 0 Å². The lowest BCUT2D eigenvalue weighted by atomic mass is 10.0. The third kappa shape index (κ3) is 4.30. The van der Waals surface area contributed by atoms with E-state index >= 15 is 0 Å². The summed E-state index contributed by atoms with van der Waals surface area (Å²) >= 11 is 1.70. The van der Waals surface area contributed by atoms with Crippen LogP contribution in [0.3, 0.4) is 0 Å². The highest BCUT2D eigenvalue weighted by atomic mass is 32.1. The number of piperazine rings is 1. The lowest BCUT2D eigenvalue weighted by molar-refractivity contribution is 0.469. The summed E-state index contributed by atoms with van der Waals surface area (Å²) in [6, 6.07) is 11.4. The molecule has 4 N–H and O–H groups in total. The van der Waals surface area contributed by atoms with E-state index in [0.29, 0.717) is 0 Å². The van der Waals surface area contributed by atoms with Gasteiger partial charge in [-0.05, 0) is 42.2 Å². The van der Waals surface area contributed by atoms with Crippen LogP contribution in [0.25, 0.3) is 5.70 Å². The molecular weight excluding hydrogens is 390 g/mol. The average molecular weight is 426 g/mol. The minimum absolute atomic E-state index is 0.185. The maximum absolute atomic E-state index is 6.16. The summed E-state index contributed by atoms with van der Waals surface area (Å²) in [6.45, 7) is 12.9. The van der Waals surface area contributed by atoms with Gasteiger partial charge in [0.2, 0.25) is 0 Å². The van der Waals surface area contributed by atoms with Crippen molar-refractivity contribution in [2.45, 2.75) is 33.2 Å². The molecule has 5 rings (SSSR count). The van der Waals surface area contributed by atoms with Gasteiger partial charge in [0.15, 0.2) is 0 Å². The summed E-state index contributed by atoms with van der Waals surface area (Å²) in [7, 11) is 0. The molecule has 2 unspecified atom stereocenters. The first-order valence-corrected chi connectivity index (χ1v) is 12.2. The minimum Gasteiger partial charge on any atom is -0.391 e. The Kier molecular flexibility index (Phi) is 6.54. The van der Waals surface area contributed by atoms with Gasteiger partial charge in [-0.25, -0.2) is 0 Å². The van der Waals surface area contributed by atoms with Crippen molar-refractivity contribution in [2.75, 3.05) is 55.2 Å². The van der Waals surface area contributed by atoms with E-state index in [2.05, 4.69) is 63.8 Å². The number of likely N-dealkylation sites (tertiary alicyclic amines) is 1. The molecule has 1 aromatic carbocycles. The fourth-order valence-electron chi connectivity index (χ4n) is 4.55. The number of fused-ring (bicyclic) bond motifs is 1. The third-order valence-corrected chi connectivity index (χ3v) is 7.10. The Balaban J connectivity index is 0.00000106. The van der Waals surface area contributed by atoms with Crippen molar-refractivity contribution in [3.05, 3.63) is 46.8 Å². The Hall–Kier alpha value is -2.18. The number of rotatable bonds is 3. The maximum atomic E-state index is 6.16. The van der Waals surface area contributed by atoms with Gasteiger partial charge in [-0.3, -0.25) is 0 Å². The second-order valence-corrected chi connectivity index (χ2v) is 9.32. The highest BCUT2D eigenvalue weighted by Gasteiger charge is 2.29. The maximum Gasteiger partial charge on any atom is 0.0884 e. The van der Waals surface area contributed by atoms with E-state index in [1.54, 1.807) is 11.3 Å². The molecule has 5 nitrogen and oxygen atoms in total. The second-order valence-electron chi connectivity index (χ2n) is 8.23. The van der Waals surface area contributed by atoms with Gasteiger partial charge in [0.25, 0.3) is 0 Å². The van der Waals surface area contributed by atoms with Gasteiger partial charge in [0.1, 0.15) is 0 Å². The number of hydrogen-bond donors (Lipinski definition) is 3. The van der Waals surface area contributed by atoms with Crippen molar-refractivity contribution in [3.8, 4) is 0 Å². The van der Waals surface area contributed by atoms with Gasteiger partial charge in [-0.1, -0.05) is 32.9 Å². The van der Waals surface area contributed by atoms with Gasteiger partial charge in [0, 0.05) is 45.0 Å². The zero-order valence-electron chi connectivity index (χ0n) is 18.4. The summed E-state index contributed by atoms with van der Waals surface area (Å²) in [5, 5.41) is 8.00. The first-order valence-electron chi connectivity index (χ1n) is 11.4. The van der Waals surface area contributed by atoms with Gasteiger partial charge >= 0.3 is 0 Å². The van der Waals surface area contributed by atoms with E-state index in [0.717, 1.165) is 50.2 Å². The minimum atomic E-state index is 0.185. The molecule has 1 aromatic heterocycles. The van der Waals surface area contributed by atoms with Crippen LogP contribution in [0.15, 0.2) is 36.4 Å². The van der Waals surface area contributed by atoms with Crippen molar-refractivity contribution >= 4 is 33.4 Å². The summed E-state index contributed by atoms with van der Waals surface area (Å²) in [5.41, 5.74) is 11.3. The van der Waals surface area contributed by atoms with Crippen LogP contribution in [-0.2, 0) is 0 Å². The molecule has 0 saturated carbocycles. The van der Waals surface area contributed by atoms with Crippen LogP contribution in [0.4, 0.5) is 16.4 Å². The summed E-state index contributed by atoms with van der Waals surface area (Å²) in [6.07, 6.45) is 3.67. The molecule has 0 amide bonds. The Morgan fingerprint density at radius 2 is 1.77 bits per heavy atom. The smallest absolute Gasteiger partial charge is 0.0884 e. The average Bonchev–Trinajstić information content (AvgIpc) is 3.39. The second kappa shape index (κ2) is 9.31. The van der Waals surface area contributed by atoms with Crippen LogP contribution < -0.4 is 21.3 Å². The molecule has 0 aliphatic carbocycles. The Morgan fingerprint density at radius 1 is 1.03 bits per heavy atom. The zero-order chi connectivity index (χ0) is 21.1. The van der Waals surface area contributed by atoms with Gasteiger partial charge in [-0.2, -0.15) is 0 Å². The number of nitrogens with zero attached hydrogens (tertiary/aromatic N) is 2. The van der Waals surface area contributed by atoms with Crippen molar-refractivity contribution in [1.82, 2.24) is 10.2 Å². The topological polar surface area (TPSA) is 56.6 Å². The van der Waals surface area contributed by atoms with Crippen LogP contribution >= 0.6 is 11.3 Å². The molecule has 4 heterocycles. The van der Waals surface area contributed by atoms with Crippen LogP contribution in [0, 0.1) is 5.92 Å². The van der Waals surface area contributed by atoms with Crippen LogP contribution in [0.2, 0.25) is 0 Å². The quantitative estimate of drug-likeness (QED) is 0.670. The van der Waals surface area contributed by atoms with Gasteiger partial charge in [0.05, 0.1) is 27.3 Å². The molecular formula is C24H35N5S. The predicted octanol–water partition coefficient (Wildman–Crippen LogP) is 4.62. The number of nitrogen functional groups attached to an aromatic ring is 1. The molecule has 3 aliphatic heterocycles. The van der Waals surface area contributed by atoms with Crippen LogP contribution in [-0.4, -0.2) is 44.2 Å². The van der Waals surface area contributed by atoms with E-state index in [1.807, 2.05) is 13.8 Å². The van der Waals surface area contributed by atoms with Gasteiger partial charge < -0.3 is 26.2 Å². The fourth-order valence-corrected chi connectivity index (χ4v) is 5.49.